The Morgan fingerprint density at radius 2 is 2.27 bits per heavy atom. The fourth-order valence-corrected chi connectivity index (χ4v) is 1.68. The monoisotopic (exact) mass is 212 g/mol. The second-order valence-electron chi connectivity index (χ2n) is 1.52. The molecule has 0 saturated carbocycles. The predicted octanol–water partition coefficient (Wildman–Crippen LogP) is 2.54. The number of rotatable bonds is 1. The quantitative estimate of drug-likeness (QED) is 0.753. The predicted molar refractivity (Wildman–Crippen MR) is 43.8 cm³/mol. The molecule has 1 heterocycles. The van der Waals surface area contributed by atoms with Crippen molar-refractivity contribution in [1.29, 1.82) is 0 Å². The number of carbonyl (C=O) groups is 1. The van der Waals surface area contributed by atoms with Crippen molar-refractivity contribution in [3.05, 3.63) is 9.62 Å². The molecule has 7 heteroatoms. The van der Waals surface area contributed by atoms with Crippen LogP contribution >= 0.6 is 34.5 Å². The van der Waals surface area contributed by atoms with Crippen molar-refractivity contribution < 1.29 is 9.90 Å². The first kappa shape index (κ1) is 8.58. The van der Waals surface area contributed by atoms with Crippen molar-refractivity contribution >= 4 is 45.6 Å². The van der Waals surface area contributed by atoms with E-state index in [4.69, 9.17) is 28.3 Å². The average molecular weight is 213 g/mol. The molecule has 0 aliphatic rings. The third-order valence-electron chi connectivity index (χ3n) is 0.780. The zero-order valence-corrected chi connectivity index (χ0v) is 7.30. The molecule has 0 aliphatic heterocycles. The molecule has 1 amide bonds. The largest absolute Gasteiger partial charge is 0.465 e. The molecular weight excluding hydrogens is 211 g/mol. The summed E-state index contributed by atoms with van der Waals surface area (Å²) in [7, 11) is 0. The SMILES string of the molecule is O=C(O)Nc1sc(Cl)nc1Cl. The number of hydrogen-bond donors (Lipinski definition) is 2. The number of amides is 1. The van der Waals surface area contributed by atoms with E-state index in [-0.39, 0.29) is 14.6 Å². The Balaban J connectivity index is 2.85. The molecule has 0 aliphatic carbocycles. The molecule has 0 radical (unpaired) electrons. The Hall–Kier alpha value is -0.520. The lowest BCUT2D eigenvalue weighted by Gasteiger charge is -1.92. The Labute approximate surface area is 75.8 Å². The van der Waals surface area contributed by atoms with Crippen LogP contribution in [0.2, 0.25) is 9.62 Å². The van der Waals surface area contributed by atoms with E-state index in [0.717, 1.165) is 11.3 Å². The average Bonchev–Trinajstić information content (AvgIpc) is 2.09. The van der Waals surface area contributed by atoms with Crippen molar-refractivity contribution in [2.24, 2.45) is 0 Å². The Morgan fingerprint density at radius 3 is 2.64 bits per heavy atom. The second-order valence-corrected chi connectivity index (χ2v) is 3.46. The van der Waals surface area contributed by atoms with Gasteiger partial charge in [0.2, 0.25) is 0 Å². The van der Waals surface area contributed by atoms with Gasteiger partial charge in [-0.1, -0.05) is 34.5 Å². The highest BCUT2D eigenvalue weighted by atomic mass is 35.5. The van der Waals surface area contributed by atoms with Gasteiger partial charge in [-0.25, -0.2) is 9.78 Å². The Kier molecular flexibility index (Phi) is 2.53. The lowest BCUT2D eigenvalue weighted by Crippen LogP contribution is -2.05. The molecule has 1 rings (SSSR count). The lowest BCUT2D eigenvalue weighted by molar-refractivity contribution is 0.210. The van der Waals surface area contributed by atoms with Crippen LogP contribution in [0.15, 0.2) is 0 Å². The highest BCUT2D eigenvalue weighted by molar-refractivity contribution is 7.20. The summed E-state index contributed by atoms with van der Waals surface area (Å²) in [5.74, 6) is 0. The second kappa shape index (κ2) is 3.25. The Bertz CT molecular complexity index is 288. The molecule has 0 atom stereocenters. The molecule has 0 fully saturated rings. The molecule has 0 aromatic carbocycles. The minimum Gasteiger partial charge on any atom is -0.465 e. The van der Waals surface area contributed by atoms with Crippen LogP contribution < -0.4 is 5.32 Å². The molecule has 60 valence electrons. The molecule has 0 bridgehead atoms. The molecule has 1 aromatic rings. The van der Waals surface area contributed by atoms with Crippen molar-refractivity contribution in [2.45, 2.75) is 0 Å². The molecule has 4 nitrogen and oxygen atoms in total. The van der Waals surface area contributed by atoms with Crippen molar-refractivity contribution in [3.8, 4) is 0 Å². The summed E-state index contributed by atoms with van der Waals surface area (Å²) in [6.07, 6.45) is -1.19. The van der Waals surface area contributed by atoms with E-state index in [0.29, 0.717) is 0 Å². The van der Waals surface area contributed by atoms with Gasteiger partial charge in [-0.3, -0.25) is 5.32 Å². The zero-order valence-electron chi connectivity index (χ0n) is 4.97. The van der Waals surface area contributed by atoms with E-state index < -0.39 is 6.09 Å². The normalized spacial score (nSPS) is 9.64. The van der Waals surface area contributed by atoms with Crippen LogP contribution in [-0.4, -0.2) is 16.2 Å². The van der Waals surface area contributed by atoms with E-state index in [9.17, 15) is 4.79 Å². The summed E-state index contributed by atoms with van der Waals surface area (Å²) in [4.78, 5) is 13.7. The fourth-order valence-electron chi connectivity index (χ4n) is 0.451. The summed E-state index contributed by atoms with van der Waals surface area (Å²) in [6, 6.07) is 0. The minimum absolute atomic E-state index is 0.0717. The van der Waals surface area contributed by atoms with Crippen LogP contribution in [-0.2, 0) is 0 Å². The third-order valence-corrected chi connectivity index (χ3v) is 2.24. The number of nitrogens with zero attached hydrogens (tertiary/aromatic N) is 1. The minimum atomic E-state index is -1.19. The van der Waals surface area contributed by atoms with Crippen LogP contribution in [0, 0.1) is 0 Å². The Morgan fingerprint density at radius 1 is 1.64 bits per heavy atom. The molecule has 1 aromatic heterocycles. The van der Waals surface area contributed by atoms with E-state index in [1.807, 2.05) is 0 Å². The summed E-state index contributed by atoms with van der Waals surface area (Å²) in [6.45, 7) is 0. The smallest absolute Gasteiger partial charge is 0.409 e. The van der Waals surface area contributed by atoms with Crippen molar-refractivity contribution in [1.82, 2.24) is 4.98 Å². The van der Waals surface area contributed by atoms with Gasteiger partial charge in [0.1, 0.15) is 5.00 Å². The van der Waals surface area contributed by atoms with E-state index in [1.54, 1.807) is 0 Å². The van der Waals surface area contributed by atoms with E-state index in [1.165, 1.54) is 0 Å². The maximum atomic E-state index is 10.1. The number of carboxylic acid groups (broad SMARTS) is 1. The highest BCUT2D eigenvalue weighted by Gasteiger charge is 2.09. The molecule has 0 saturated heterocycles. The standard InChI is InChI=1S/C4H2Cl2N2O2S/c5-1-2(8-4(9)10)11-3(6)7-1/h8H,(H,9,10). The van der Waals surface area contributed by atoms with Gasteiger partial charge < -0.3 is 5.11 Å². The maximum absolute atomic E-state index is 10.1. The topological polar surface area (TPSA) is 62.2 Å². The van der Waals surface area contributed by atoms with Gasteiger partial charge in [-0.05, 0) is 0 Å². The van der Waals surface area contributed by atoms with Gasteiger partial charge in [0.25, 0.3) is 0 Å². The van der Waals surface area contributed by atoms with Crippen LogP contribution in [0.25, 0.3) is 0 Å². The molecule has 11 heavy (non-hydrogen) atoms. The number of thiazole rings is 1. The zero-order chi connectivity index (χ0) is 8.43. The number of aromatic nitrogens is 1. The van der Waals surface area contributed by atoms with Gasteiger partial charge >= 0.3 is 6.09 Å². The van der Waals surface area contributed by atoms with E-state index in [2.05, 4.69) is 10.3 Å². The highest BCUT2D eigenvalue weighted by Crippen LogP contribution is 2.31. The molecular formula is C4H2Cl2N2O2S. The number of nitrogens with one attached hydrogen (secondary N) is 1. The van der Waals surface area contributed by atoms with Gasteiger partial charge in [-0.15, -0.1) is 0 Å². The summed E-state index contributed by atoms with van der Waals surface area (Å²) < 4.78 is 0.207. The number of halogens is 2. The maximum Gasteiger partial charge on any atom is 0.409 e. The number of anilines is 1. The fraction of sp³-hybridized carbons (Fsp3) is 0. The van der Waals surface area contributed by atoms with Crippen LogP contribution in [0.4, 0.5) is 9.80 Å². The molecule has 2 N–H and O–H groups in total. The first-order valence-electron chi connectivity index (χ1n) is 2.41. The van der Waals surface area contributed by atoms with Crippen LogP contribution in [0.3, 0.4) is 0 Å². The van der Waals surface area contributed by atoms with Crippen molar-refractivity contribution in [2.75, 3.05) is 5.32 Å². The van der Waals surface area contributed by atoms with E-state index >= 15 is 0 Å². The third kappa shape index (κ3) is 2.21. The first-order chi connectivity index (χ1) is 5.09. The summed E-state index contributed by atoms with van der Waals surface area (Å²) in [5.41, 5.74) is 0. The molecule has 0 unspecified atom stereocenters. The summed E-state index contributed by atoms with van der Waals surface area (Å²) in [5, 5.41) is 10.6. The first-order valence-corrected chi connectivity index (χ1v) is 3.98. The van der Waals surface area contributed by atoms with Gasteiger partial charge in [0.05, 0.1) is 0 Å². The van der Waals surface area contributed by atoms with Crippen LogP contribution in [0.1, 0.15) is 0 Å². The number of hydrogen-bond acceptors (Lipinski definition) is 3. The van der Waals surface area contributed by atoms with Gasteiger partial charge in [0.15, 0.2) is 9.62 Å². The lowest BCUT2D eigenvalue weighted by atomic mass is 10.8. The van der Waals surface area contributed by atoms with Gasteiger partial charge in [-0.2, -0.15) is 0 Å². The van der Waals surface area contributed by atoms with Crippen molar-refractivity contribution in [3.63, 3.8) is 0 Å². The van der Waals surface area contributed by atoms with Gasteiger partial charge in [0, 0.05) is 0 Å². The molecule has 0 spiro atoms. The summed E-state index contributed by atoms with van der Waals surface area (Å²) >= 11 is 11.9. The van der Waals surface area contributed by atoms with Crippen LogP contribution in [0.5, 0.6) is 0 Å².